The van der Waals surface area contributed by atoms with Crippen LogP contribution in [-0.2, 0) is 0 Å². The minimum atomic E-state index is 0.720. The van der Waals surface area contributed by atoms with E-state index < -0.39 is 0 Å². The second-order valence-corrected chi connectivity index (χ2v) is 4.31. The lowest BCUT2D eigenvalue weighted by Crippen LogP contribution is -2.13. The molecule has 0 radical (unpaired) electrons. The predicted octanol–water partition coefficient (Wildman–Crippen LogP) is 4.19. The van der Waals surface area contributed by atoms with E-state index in [1.165, 1.54) is 19.3 Å². The van der Waals surface area contributed by atoms with E-state index in [0.29, 0.717) is 0 Å². The molecule has 1 rings (SSSR count). The van der Waals surface area contributed by atoms with E-state index in [1.54, 1.807) is 11.8 Å². The summed E-state index contributed by atoms with van der Waals surface area (Å²) >= 11 is 0. The first kappa shape index (κ1) is 11.0. The summed E-state index contributed by atoms with van der Waals surface area (Å²) in [5.74, 6) is 1.55. The van der Waals surface area contributed by atoms with E-state index in [2.05, 4.69) is 24.8 Å². The summed E-state index contributed by atoms with van der Waals surface area (Å²) < 4.78 is 0. The van der Waals surface area contributed by atoms with E-state index in [9.17, 15) is 0 Å². The molecule has 0 amide bonds. The van der Waals surface area contributed by atoms with Gasteiger partial charge in [-0.2, -0.15) is 0 Å². The lowest BCUT2D eigenvalue weighted by molar-refractivity contribution is 0.330. The smallest absolute Gasteiger partial charge is 0.150 e. The number of hydrogen-bond donors (Lipinski definition) is 0. The molecule has 1 nitrogen and oxygen atoms in total. The first-order valence-electron chi connectivity index (χ1n) is 5.41. The highest BCUT2D eigenvalue weighted by molar-refractivity contribution is 5.04. The van der Waals surface area contributed by atoms with Crippen LogP contribution in [-0.4, -0.2) is 0 Å². The Hall–Kier alpha value is -1.03. The zero-order valence-electron chi connectivity index (χ0n) is 9.16. The van der Waals surface area contributed by atoms with Crippen LogP contribution in [0.2, 0.25) is 0 Å². The second kappa shape index (κ2) is 5.65. The number of rotatable bonds is 3. The molecule has 14 heavy (non-hydrogen) atoms. The van der Waals surface area contributed by atoms with Crippen molar-refractivity contribution in [2.75, 3.05) is 0 Å². The van der Waals surface area contributed by atoms with Gasteiger partial charge in [0.15, 0.2) is 0 Å². The average Bonchev–Trinajstić information content (AvgIpc) is 2.19. The SMILES string of the molecule is [C-]#[N+]/C=C/CC(C)C1CC=C(C)CC1. The van der Waals surface area contributed by atoms with Crippen molar-refractivity contribution < 1.29 is 0 Å². The summed E-state index contributed by atoms with van der Waals surface area (Å²) in [6, 6.07) is 0. The Balaban J connectivity index is 2.35. The van der Waals surface area contributed by atoms with Gasteiger partial charge in [0.1, 0.15) is 6.20 Å². The van der Waals surface area contributed by atoms with Gasteiger partial charge in [-0.25, -0.2) is 4.85 Å². The van der Waals surface area contributed by atoms with Crippen molar-refractivity contribution in [3.8, 4) is 0 Å². The molecule has 0 aliphatic heterocycles. The zero-order valence-corrected chi connectivity index (χ0v) is 9.16. The highest BCUT2D eigenvalue weighted by Crippen LogP contribution is 2.30. The topological polar surface area (TPSA) is 4.36 Å². The molecule has 0 aromatic rings. The summed E-state index contributed by atoms with van der Waals surface area (Å²) in [6.07, 6.45) is 10.8. The van der Waals surface area contributed by atoms with Crippen molar-refractivity contribution in [3.63, 3.8) is 0 Å². The Bertz CT molecular complexity index is 267. The van der Waals surface area contributed by atoms with E-state index >= 15 is 0 Å². The molecule has 0 saturated carbocycles. The molecular weight excluding hydrogens is 170 g/mol. The minimum absolute atomic E-state index is 0.720. The van der Waals surface area contributed by atoms with Gasteiger partial charge in [0.05, 0.1) is 6.57 Å². The largest absolute Gasteiger partial charge is 0.246 e. The van der Waals surface area contributed by atoms with Gasteiger partial charge in [0, 0.05) is 0 Å². The zero-order chi connectivity index (χ0) is 10.4. The van der Waals surface area contributed by atoms with Crippen molar-refractivity contribution in [1.82, 2.24) is 0 Å². The number of nitrogens with zero attached hydrogens (tertiary/aromatic N) is 1. The number of allylic oxidation sites excluding steroid dienone is 3. The van der Waals surface area contributed by atoms with Gasteiger partial charge in [-0.05, 0) is 44.4 Å². The van der Waals surface area contributed by atoms with E-state index in [1.807, 2.05) is 6.08 Å². The Morgan fingerprint density at radius 2 is 2.50 bits per heavy atom. The molecule has 2 atom stereocenters. The molecule has 0 aromatic carbocycles. The van der Waals surface area contributed by atoms with Crippen molar-refractivity contribution in [2.45, 2.75) is 39.5 Å². The maximum Gasteiger partial charge on any atom is 0.150 e. The summed E-state index contributed by atoms with van der Waals surface area (Å²) in [5.41, 5.74) is 1.55. The van der Waals surface area contributed by atoms with Crippen LogP contribution in [0.5, 0.6) is 0 Å². The maximum absolute atomic E-state index is 6.65. The van der Waals surface area contributed by atoms with Crippen LogP contribution in [0.3, 0.4) is 0 Å². The first-order valence-corrected chi connectivity index (χ1v) is 5.41. The third-order valence-electron chi connectivity index (χ3n) is 3.17. The van der Waals surface area contributed by atoms with Crippen LogP contribution >= 0.6 is 0 Å². The van der Waals surface area contributed by atoms with E-state index in [4.69, 9.17) is 6.57 Å². The Labute approximate surface area is 87.3 Å². The van der Waals surface area contributed by atoms with Crippen LogP contribution in [0.15, 0.2) is 23.9 Å². The number of hydrogen-bond acceptors (Lipinski definition) is 0. The van der Waals surface area contributed by atoms with Gasteiger partial charge in [-0.3, -0.25) is 0 Å². The fourth-order valence-corrected chi connectivity index (χ4v) is 2.02. The van der Waals surface area contributed by atoms with Crippen LogP contribution in [0.4, 0.5) is 0 Å². The molecule has 0 aromatic heterocycles. The standard InChI is InChI=1S/C13H19N/c1-11-6-8-13(9-7-11)12(2)5-4-10-14-3/h4,6,10,12-13H,5,7-9H2,1-2H3/b10-4+. The highest BCUT2D eigenvalue weighted by atomic mass is 14.6. The summed E-state index contributed by atoms with van der Waals surface area (Å²) in [4.78, 5) is 3.22. The molecule has 1 heteroatoms. The molecule has 76 valence electrons. The fraction of sp³-hybridized carbons (Fsp3) is 0.615. The van der Waals surface area contributed by atoms with Gasteiger partial charge in [0.2, 0.25) is 0 Å². The average molecular weight is 189 g/mol. The Morgan fingerprint density at radius 3 is 3.07 bits per heavy atom. The van der Waals surface area contributed by atoms with Crippen LogP contribution in [0.25, 0.3) is 4.85 Å². The van der Waals surface area contributed by atoms with Crippen LogP contribution < -0.4 is 0 Å². The van der Waals surface area contributed by atoms with E-state index in [0.717, 1.165) is 18.3 Å². The predicted molar refractivity (Wildman–Crippen MR) is 60.6 cm³/mol. The molecule has 0 fully saturated rings. The maximum atomic E-state index is 6.65. The Kier molecular flexibility index (Phi) is 4.46. The normalized spacial score (nSPS) is 24.4. The monoisotopic (exact) mass is 189 g/mol. The van der Waals surface area contributed by atoms with Gasteiger partial charge < -0.3 is 0 Å². The van der Waals surface area contributed by atoms with Crippen LogP contribution in [0, 0.1) is 18.4 Å². The molecular formula is C13H19N. The summed E-state index contributed by atoms with van der Waals surface area (Å²) in [6.45, 7) is 11.2. The molecule has 0 bridgehead atoms. The van der Waals surface area contributed by atoms with Gasteiger partial charge in [-0.1, -0.05) is 24.6 Å². The molecule has 0 spiro atoms. The Morgan fingerprint density at radius 1 is 1.71 bits per heavy atom. The van der Waals surface area contributed by atoms with Crippen molar-refractivity contribution in [2.24, 2.45) is 11.8 Å². The van der Waals surface area contributed by atoms with Gasteiger partial charge >= 0.3 is 0 Å². The van der Waals surface area contributed by atoms with Gasteiger partial charge in [-0.15, -0.1) is 0 Å². The van der Waals surface area contributed by atoms with Crippen molar-refractivity contribution >= 4 is 0 Å². The first-order chi connectivity index (χ1) is 6.74. The molecule has 0 saturated heterocycles. The highest BCUT2D eigenvalue weighted by Gasteiger charge is 2.17. The molecule has 2 unspecified atom stereocenters. The molecule has 1 aliphatic carbocycles. The quantitative estimate of drug-likeness (QED) is 0.463. The lowest BCUT2D eigenvalue weighted by atomic mass is 9.80. The second-order valence-electron chi connectivity index (χ2n) is 4.31. The lowest BCUT2D eigenvalue weighted by Gasteiger charge is -2.25. The summed E-state index contributed by atoms with van der Waals surface area (Å²) in [7, 11) is 0. The van der Waals surface area contributed by atoms with Crippen molar-refractivity contribution in [1.29, 1.82) is 0 Å². The molecule has 1 aliphatic rings. The third-order valence-corrected chi connectivity index (χ3v) is 3.17. The fourth-order valence-electron chi connectivity index (χ4n) is 2.02. The summed E-state index contributed by atoms with van der Waals surface area (Å²) in [5, 5.41) is 0. The minimum Gasteiger partial charge on any atom is -0.246 e. The van der Waals surface area contributed by atoms with Crippen molar-refractivity contribution in [3.05, 3.63) is 35.3 Å². The van der Waals surface area contributed by atoms with Gasteiger partial charge in [0.25, 0.3) is 0 Å². The van der Waals surface area contributed by atoms with E-state index in [-0.39, 0.29) is 0 Å². The third kappa shape index (κ3) is 3.38. The van der Waals surface area contributed by atoms with Crippen LogP contribution in [0.1, 0.15) is 39.5 Å². The molecule has 0 N–H and O–H groups in total. The molecule has 0 heterocycles.